The normalized spacial score (nSPS) is 12.2. The number of hydrogen-bond donors (Lipinski definition) is 2. The van der Waals surface area contributed by atoms with Crippen molar-refractivity contribution in [1.29, 1.82) is 0 Å². The topological polar surface area (TPSA) is 97.1 Å². The molecule has 1 rings (SSSR count). The monoisotopic (exact) mass is 276 g/mol. The smallest absolute Gasteiger partial charge is 0.241 e. The van der Waals surface area contributed by atoms with Crippen molar-refractivity contribution in [2.75, 3.05) is 12.3 Å². The Morgan fingerprint density at radius 2 is 2.11 bits per heavy atom. The molecule has 1 aromatic rings. The highest BCUT2D eigenvalue weighted by Gasteiger charge is 2.12. The first-order valence-corrected chi connectivity index (χ1v) is 7.54. The van der Waals surface area contributed by atoms with Gasteiger partial charge in [0.1, 0.15) is 0 Å². The molecule has 0 aliphatic carbocycles. The van der Waals surface area contributed by atoms with E-state index in [1.54, 1.807) is 6.92 Å². The van der Waals surface area contributed by atoms with Crippen LogP contribution in [0.1, 0.15) is 32.0 Å². The first-order valence-electron chi connectivity index (χ1n) is 5.89. The lowest BCUT2D eigenvalue weighted by Gasteiger charge is -2.08. The van der Waals surface area contributed by atoms with Crippen molar-refractivity contribution >= 4 is 10.0 Å². The number of rotatable bonds is 8. The Morgan fingerprint density at radius 3 is 2.67 bits per heavy atom. The molecule has 0 bridgehead atoms. The summed E-state index contributed by atoms with van der Waals surface area (Å²) in [5, 5.41) is 6.74. The summed E-state index contributed by atoms with van der Waals surface area (Å²) in [7, 11) is -3.29. The summed E-state index contributed by atoms with van der Waals surface area (Å²) >= 11 is 0. The van der Waals surface area contributed by atoms with E-state index >= 15 is 0 Å². The maximum absolute atomic E-state index is 11.6. The lowest BCUT2D eigenvalue weighted by Crippen LogP contribution is -2.30. The van der Waals surface area contributed by atoms with Crippen LogP contribution in [-0.4, -0.2) is 36.9 Å². The van der Waals surface area contributed by atoms with Crippen molar-refractivity contribution < 1.29 is 12.9 Å². The van der Waals surface area contributed by atoms with E-state index < -0.39 is 10.0 Å². The molecule has 7 nitrogen and oxygen atoms in total. The molecule has 0 amide bonds. The summed E-state index contributed by atoms with van der Waals surface area (Å²) in [5.41, 5.74) is 0. The molecule has 1 heterocycles. The van der Waals surface area contributed by atoms with Crippen LogP contribution in [-0.2, 0) is 16.6 Å². The fourth-order valence-electron chi connectivity index (χ4n) is 1.31. The van der Waals surface area contributed by atoms with Gasteiger partial charge in [0.2, 0.25) is 15.9 Å². The molecule has 8 heteroatoms. The maximum atomic E-state index is 11.6. The Labute approximate surface area is 107 Å². The van der Waals surface area contributed by atoms with Gasteiger partial charge in [-0.25, -0.2) is 13.1 Å². The molecule has 0 spiro atoms. The van der Waals surface area contributed by atoms with E-state index in [9.17, 15) is 8.42 Å². The minimum atomic E-state index is -3.29. The van der Waals surface area contributed by atoms with Crippen LogP contribution in [0.25, 0.3) is 0 Å². The SMILES string of the molecule is Cc1noc(CNS(=O)(=O)CCCNC(C)C)n1. The number of nitrogens with zero attached hydrogens (tertiary/aromatic N) is 2. The fraction of sp³-hybridized carbons (Fsp3) is 0.800. The van der Waals surface area contributed by atoms with Gasteiger partial charge in [-0.05, 0) is 19.9 Å². The second-order valence-electron chi connectivity index (χ2n) is 4.34. The van der Waals surface area contributed by atoms with Crippen molar-refractivity contribution in [3.8, 4) is 0 Å². The predicted molar refractivity (Wildman–Crippen MR) is 67.4 cm³/mol. The van der Waals surface area contributed by atoms with Crippen molar-refractivity contribution in [1.82, 2.24) is 20.2 Å². The van der Waals surface area contributed by atoms with Crippen molar-refractivity contribution in [2.24, 2.45) is 0 Å². The molecule has 0 unspecified atom stereocenters. The fourth-order valence-corrected chi connectivity index (χ4v) is 2.32. The summed E-state index contributed by atoms with van der Waals surface area (Å²) in [5.74, 6) is 0.849. The first kappa shape index (κ1) is 15.1. The van der Waals surface area contributed by atoms with Gasteiger partial charge in [0.05, 0.1) is 12.3 Å². The van der Waals surface area contributed by atoms with Crippen molar-refractivity contribution in [3.05, 3.63) is 11.7 Å². The summed E-state index contributed by atoms with van der Waals surface area (Å²) in [4.78, 5) is 3.92. The first-order chi connectivity index (χ1) is 8.39. The highest BCUT2D eigenvalue weighted by molar-refractivity contribution is 7.89. The average molecular weight is 276 g/mol. The molecule has 2 N–H and O–H groups in total. The van der Waals surface area contributed by atoms with E-state index in [0.29, 0.717) is 24.8 Å². The summed E-state index contributed by atoms with van der Waals surface area (Å²) in [6.45, 7) is 6.44. The van der Waals surface area contributed by atoms with Gasteiger partial charge in [-0.3, -0.25) is 0 Å². The molecule has 0 radical (unpaired) electrons. The van der Waals surface area contributed by atoms with E-state index in [4.69, 9.17) is 4.52 Å². The van der Waals surface area contributed by atoms with E-state index in [1.807, 2.05) is 13.8 Å². The van der Waals surface area contributed by atoms with Crippen LogP contribution in [0.2, 0.25) is 0 Å². The van der Waals surface area contributed by atoms with Gasteiger partial charge in [0.25, 0.3) is 0 Å². The molecule has 0 atom stereocenters. The zero-order chi connectivity index (χ0) is 13.6. The maximum Gasteiger partial charge on any atom is 0.241 e. The van der Waals surface area contributed by atoms with Gasteiger partial charge >= 0.3 is 0 Å². The number of sulfonamides is 1. The molecule has 0 fully saturated rings. The van der Waals surface area contributed by atoms with Gasteiger partial charge in [0.15, 0.2) is 5.82 Å². The highest BCUT2D eigenvalue weighted by Crippen LogP contribution is 1.97. The van der Waals surface area contributed by atoms with E-state index in [2.05, 4.69) is 20.2 Å². The lowest BCUT2D eigenvalue weighted by atomic mass is 10.4. The van der Waals surface area contributed by atoms with Crippen LogP contribution in [0, 0.1) is 6.92 Å². The Hall–Kier alpha value is -0.990. The quantitative estimate of drug-likeness (QED) is 0.658. The molecule has 0 aliphatic rings. The number of nitrogens with one attached hydrogen (secondary N) is 2. The molecule has 18 heavy (non-hydrogen) atoms. The summed E-state index contributed by atoms with van der Waals surface area (Å²) in [6, 6.07) is 0.363. The van der Waals surface area contributed by atoms with Crippen LogP contribution in [0.5, 0.6) is 0 Å². The molecule has 0 saturated carbocycles. The number of hydrogen-bond acceptors (Lipinski definition) is 6. The minimum absolute atomic E-state index is 0.0424. The second kappa shape index (κ2) is 6.81. The molecule has 104 valence electrons. The van der Waals surface area contributed by atoms with Crippen LogP contribution in [0.4, 0.5) is 0 Å². The Morgan fingerprint density at radius 1 is 1.39 bits per heavy atom. The summed E-state index contributed by atoms with van der Waals surface area (Å²) < 4.78 is 30.5. The Kier molecular flexibility index (Phi) is 5.70. The van der Waals surface area contributed by atoms with Gasteiger partial charge < -0.3 is 9.84 Å². The summed E-state index contributed by atoms with van der Waals surface area (Å²) in [6.07, 6.45) is 0.566. The minimum Gasteiger partial charge on any atom is -0.338 e. The van der Waals surface area contributed by atoms with E-state index in [0.717, 1.165) is 0 Å². The van der Waals surface area contributed by atoms with Gasteiger partial charge in [-0.15, -0.1) is 0 Å². The number of aromatic nitrogens is 2. The molecule has 0 aliphatic heterocycles. The lowest BCUT2D eigenvalue weighted by molar-refractivity contribution is 0.372. The average Bonchev–Trinajstić information content (AvgIpc) is 2.68. The van der Waals surface area contributed by atoms with Gasteiger partial charge in [0, 0.05) is 6.04 Å². The van der Waals surface area contributed by atoms with Gasteiger partial charge in [-0.2, -0.15) is 4.98 Å². The molecule has 1 aromatic heterocycles. The van der Waals surface area contributed by atoms with Crippen molar-refractivity contribution in [3.63, 3.8) is 0 Å². The molecular formula is C10H20N4O3S. The zero-order valence-corrected chi connectivity index (χ0v) is 11.7. The van der Waals surface area contributed by atoms with Crippen LogP contribution in [0.15, 0.2) is 4.52 Å². The largest absolute Gasteiger partial charge is 0.338 e. The van der Waals surface area contributed by atoms with Gasteiger partial charge in [-0.1, -0.05) is 19.0 Å². The van der Waals surface area contributed by atoms with Crippen LogP contribution in [0.3, 0.4) is 0 Å². The molecule has 0 saturated heterocycles. The zero-order valence-electron chi connectivity index (χ0n) is 10.9. The van der Waals surface area contributed by atoms with E-state index in [-0.39, 0.29) is 18.2 Å². The third kappa shape index (κ3) is 6.08. The Bertz CT molecular complexity index is 455. The number of aryl methyl sites for hydroxylation is 1. The predicted octanol–water partition coefficient (Wildman–Crippen LogP) is 0.186. The van der Waals surface area contributed by atoms with Crippen LogP contribution >= 0.6 is 0 Å². The Balaban J connectivity index is 2.27. The standard InChI is InChI=1S/C10H20N4O3S/c1-8(2)11-5-4-6-18(15,16)12-7-10-13-9(3)14-17-10/h8,11-12H,4-7H2,1-3H3. The third-order valence-corrected chi connectivity index (χ3v) is 3.57. The van der Waals surface area contributed by atoms with Crippen molar-refractivity contribution in [2.45, 2.75) is 39.8 Å². The van der Waals surface area contributed by atoms with E-state index in [1.165, 1.54) is 0 Å². The second-order valence-corrected chi connectivity index (χ2v) is 6.26. The highest BCUT2D eigenvalue weighted by atomic mass is 32.2. The third-order valence-electron chi connectivity index (χ3n) is 2.16. The molecule has 0 aromatic carbocycles. The van der Waals surface area contributed by atoms with Crippen LogP contribution < -0.4 is 10.0 Å². The molecular weight excluding hydrogens is 256 g/mol.